The van der Waals surface area contributed by atoms with E-state index in [0.29, 0.717) is 11.5 Å². The topological polar surface area (TPSA) is 40.5 Å². The van der Waals surface area contributed by atoms with Crippen molar-refractivity contribution in [1.82, 2.24) is 0 Å². The van der Waals surface area contributed by atoms with Crippen molar-refractivity contribution in [1.29, 1.82) is 0 Å². The third kappa shape index (κ3) is 4.34. The summed E-state index contributed by atoms with van der Waals surface area (Å²) in [6.07, 6.45) is 0. The summed E-state index contributed by atoms with van der Waals surface area (Å²) in [5.74, 6) is -0.406. The van der Waals surface area contributed by atoms with Crippen LogP contribution < -0.4 is 4.31 Å². The summed E-state index contributed by atoms with van der Waals surface area (Å²) in [6.45, 7) is 5.24. The third-order valence-electron chi connectivity index (χ3n) is 3.87. The molecule has 0 spiro atoms. The average Bonchev–Trinajstić information content (AvgIpc) is 2.61. The molecule has 0 saturated carbocycles. The molecule has 25 heavy (non-hydrogen) atoms. The third-order valence-corrected chi connectivity index (χ3v) is 4.91. The molecule has 3 rings (SSSR count). The maximum atomic E-state index is 11.1. The first-order valence-electron chi connectivity index (χ1n) is 8.30. The van der Waals surface area contributed by atoms with Crippen LogP contribution in [0.15, 0.2) is 71.6 Å². The van der Waals surface area contributed by atoms with Crippen LogP contribution in [0.2, 0.25) is 0 Å². The number of carboxylic acid groups (broad SMARTS) is 1. The van der Waals surface area contributed by atoms with Crippen molar-refractivity contribution in [3.63, 3.8) is 0 Å². The van der Waals surface area contributed by atoms with Crippen molar-refractivity contribution in [2.45, 2.75) is 18.7 Å². The minimum atomic E-state index is -0.899. The summed E-state index contributed by atoms with van der Waals surface area (Å²) in [7, 11) is 0. The van der Waals surface area contributed by atoms with Crippen LogP contribution in [0.3, 0.4) is 0 Å². The van der Waals surface area contributed by atoms with Gasteiger partial charge in [-0.05, 0) is 65.0 Å². The van der Waals surface area contributed by atoms with Crippen LogP contribution >= 0.6 is 11.9 Å². The molecule has 0 fully saturated rings. The van der Waals surface area contributed by atoms with E-state index in [2.05, 4.69) is 48.5 Å². The minimum Gasteiger partial charge on any atom is -0.478 e. The molecular weight excluding hydrogens is 330 g/mol. The van der Waals surface area contributed by atoms with Gasteiger partial charge in [0.1, 0.15) is 0 Å². The number of anilines is 1. The Hall–Kier alpha value is -2.46. The lowest BCUT2D eigenvalue weighted by atomic mass is 10.1. The fourth-order valence-corrected chi connectivity index (χ4v) is 3.81. The quantitative estimate of drug-likeness (QED) is 0.578. The zero-order valence-corrected chi connectivity index (χ0v) is 15.2. The molecule has 3 aromatic rings. The van der Waals surface area contributed by atoms with E-state index in [1.807, 2.05) is 24.3 Å². The second kappa shape index (κ2) is 7.62. The number of hydrogen-bond donors (Lipinski definition) is 1. The highest BCUT2D eigenvalue weighted by Gasteiger charge is 2.12. The molecule has 0 atom stereocenters. The highest BCUT2D eigenvalue weighted by atomic mass is 32.2. The molecule has 3 aromatic carbocycles. The van der Waals surface area contributed by atoms with Gasteiger partial charge in [0.25, 0.3) is 0 Å². The van der Waals surface area contributed by atoms with Gasteiger partial charge >= 0.3 is 5.97 Å². The molecule has 0 bridgehead atoms. The van der Waals surface area contributed by atoms with E-state index in [1.165, 1.54) is 15.7 Å². The summed E-state index contributed by atoms with van der Waals surface area (Å²) in [6, 6.07) is 21.9. The Kier molecular flexibility index (Phi) is 5.29. The van der Waals surface area contributed by atoms with Gasteiger partial charge in [0.15, 0.2) is 0 Å². The predicted molar refractivity (Wildman–Crippen MR) is 105 cm³/mol. The first kappa shape index (κ1) is 17.4. The van der Waals surface area contributed by atoms with Crippen molar-refractivity contribution in [3.8, 4) is 0 Å². The van der Waals surface area contributed by atoms with Gasteiger partial charge < -0.3 is 9.41 Å². The molecule has 0 heterocycles. The average molecular weight is 351 g/mol. The Bertz CT molecular complexity index is 874. The highest BCUT2D eigenvalue weighted by Crippen LogP contribution is 2.32. The number of hydrogen-bond acceptors (Lipinski definition) is 3. The van der Waals surface area contributed by atoms with Gasteiger partial charge in [0, 0.05) is 17.1 Å². The lowest BCUT2D eigenvalue weighted by Crippen LogP contribution is -2.20. The van der Waals surface area contributed by atoms with Gasteiger partial charge in [-0.2, -0.15) is 0 Å². The van der Waals surface area contributed by atoms with Gasteiger partial charge in [0.05, 0.1) is 5.56 Å². The number of fused-ring (bicyclic) bond motifs is 1. The number of benzene rings is 3. The first-order valence-corrected chi connectivity index (χ1v) is 9.08. The van der Waals surface area contributed by atoms with Crippen LogP contribution in [-0.2, 0) is 0 Å². The Balaban J connectivity index is 1.87. The molecule has 4 heteroatoms. The molecule has 0 amide bonds. The van der Waals surface area contributed by atoms with Crippen LogP contribution in [0.1, 0.15) is 24.2 Å². The van der Waals surface area contributed by atoms with Gasteiger partial charge in [-0.1, -0.05) is 44.2 Å². The van der Waals surface area contributed by atoms with E-state index >= 15 is 0 Å². The van der Waals surface area contributed by atoms with Crippen molar-refractivity contribution in [2.24, 2.45) is 5.92 Å². The van der Waals surface area contributed by atoms with Crippen molar-refractivity contribution >= 4 is 34.4 Å². The maximum Gasteiger partial charge on any atom is 0.335 e. The van der Waals surface area contributed by atoms with Crippen LogP contribution in [0.5, 0.6) is 0 Å². The molecule has 0 aromatic heterocycles. The highest BCUT2D eigenvalue weighted by molar-refractivity contribution is 8.00. The van der Waals surface area contributed by atoms with E-state index in [1.54, 1.807) is 24.1 Å². The van der Waals surface area contributed by atoms with Gasteiger partial charge in [-0.3, -0.25) is 0 Å². The normalized spacial score (nSPS) is 11.0. The first-order chi connectivity index (χ1) is 12.0. The summed E-state index contributed by atoms with van der Waals surface area (Å²) in [4.78, 5) is 12.2. The van der Waals surface area contributed by atoms with E-state index in [4.69, 9.17) is 5.11 Å². The molecule has 3 nitrogen and oxygen atoms in total. The van der Waals surface area contributed by atoms with E-state index in [9.17, 15) is 4.79 Å². The van der Waals surface area contributed by atoms with Crippen molar-refractivity contribution in [3.05, 3.63) is 72.3 Å². The molecule has 0 saturated heterocycles. The van der Waals surface area contributed by atoms with E-state index in [-0.39, 0.29) is 0 Å². The fourth-order valence-electron chi connectivity index (χ4n) is 2.65. The van der Waals surface area contributed by atoms with Crippen LogP contribution in [-0.4, -0.2) is 17.6 Å². The molecule has 0 aliphatic heterocycles. The van der Waals surface area contributed by atoms with Gasteiger partial charge in [-0.25, -0.2) is 4.79 Å². The molecule has 0 unspecified atom stereocenters. The summed E-state index contributed by atoms with van der Waals surface area (Å²) >= 11 is 1.69. The summed E-state index contributed by atoms with van der Waals surface area (Å²) in [5.41, 5.74) is 1.32. The summed E-state index contributed by atoms with van der Waals surface area (Å²) < 4.78 is 2.22. The largest absolute Gasteiger partial charge is 0.478 e. The van der Waals surface area contributed by atoms with Crippen LogP contribution in [0.4, 0.5) is 5.69 Å². The molecule has 0 aliphatic carbocycles. The zero-order chi connectivity index (χ0) is 17.8. The monoisotopic (exact) mass is 351 g/mol. The second-order valence-corrected chi connectivity index (χ2v) is 7.50. The van der Waals surface area contributed by atoms with Gasteiger partial charge in [0.2, 0.25) is 0 Å². The van der Waals surface area contributed by atoms with Crippen LogP contribution in [0, 0.1) is 5.92 Å². The van der Waals surface area contributed by atoms with Crippen LogP contribution in [0.25, 0.3) is 10.8 Å². The molecular formula is C21H21NO2S. The number of carboxylic acids is 1. The lowest BCUT2D eigenvalue weighted by Gasteiger charge is -2.25. The smallest absolute Gasteiger partial charge is 0.335 e. The van der Waals surface area contributed by atoms with Crippen molar-refractivity contribution in [2.75, 3.05) is 10.8 Å². The van der Waals surface area contributed by atoms with Crippen molar-refractivity contribution < 1.29 is 9.90 Å². The SMILES string of the molecule is CC(C)CN(Sc1ccc2ccccc2c1)c1ccc(C(=O)O)cc1. The maximum absolute atomic E-state index is 11.1. The molecule has 128 valence electrons. The lowest BCUT2D eigenvalue weighted by molar-refractivity contribution is 0.0697. The predicted octanol–water partition coefficient (Wildman–Crippen LogP) is 5.71. The molecule has 1 N–H and O–H groups in total. The number of carbonyl (C=O) groups is 1. The van der Waals surface area contributed by atoms with E-state index in [0.717, 1.165) is 12.2 Å². The molecule has 0 radical (unpaired) electrons. The van der Waals surface area contributed by atoms with Gasteiger partial charge in [-0.15, -0.1) is 0 Å². The summed E-state index contributed by atoms with van der Waals surface area (Å²) in [5, 5.41) is 11.5. The number of aromatic carboxylic acids is 1. The number of nitrogens with zero attached hydrogens (tertiary/aromatic N) is 1. The fraction of sp³-hybridized carbons (Fsp3) is 0.190. The number of rotatable bonds is 6. The Morgan fingerprint density at radius 3 is 2.32 bits per heavy atom. The Morgan fingerprint density at radius 2 is 1.68 bits per heavy atom. The Morgan fingerprint density at radius 1 is 1.00 bits per heavy atom. The van der Waals surface area contributed by atoms with E-state index < -0.39 is 5.97 Å². The standard InChI is InChI=1S/C21H21NO2S/c1-15(2)14-22(19-10-7-17(8-11-19)21(23)24)25-20-12-9-16-5-3-4-6-18(16)13-20/h3-13,15H,14H2,1-2H3,(H,23,24). The minimum absolute atomic E-state index is 0.309. The molecule has 0 aliphatic rings. The Labute approximate surface area is 152 Å². The second-order valence-electron chi connectivity index (χ2n) is 6.41. The zero-order valence-electron chi connectivity index (χ0n) is 14.3.